The summed E-state index contributed by atoms with van der Waals surface area (Å²) in [5, 5.41) is 20.3. The van der Waals surface area contributed by atoms with Gasteiger partial charge in [-0.25, -0.2) is 0 Å². The van der Waals surface area contributed by atoms with Gasteiger partial charge in [0.1, 0.15) is 0 Å². The molecule has 88 valence electrons. The molecule has 0 radical (unpaired) electrons. The quantitative estimate of drug-likeness (QED) is 0.569. The van der Waals surface area contributed by atoms with Gasteiger partial charge in [-0.05, 0) is 18.3 Å². The average molecular weight is 225 g/mol. The van der Waals surface area contributed by atoms with Crippen molar-refractivity contribution in [2.45, 2.75) is 6.42 Å². The zero-order valence-electron chi connectivity index (χ0n) is 8.80. The number of amides is 1. The van der Waals surface area contributed by atoms with Crippen molar-refractivity contribution in [1.82, 2.24) is 5.32 Å². The van der Waals surface area contributed by atoms with E-state index in [0.717, 1.165) is 6.42 Å². The minimum atomic E-state index is -0.902. The highest BCUT2D eigenvalue weighted by Crippen LogP contribution is 2.48. The maximum Gasteiger partial charge on any atom is 0.307 e. The Morgan fingerprint density at radius 3 is 2.44 bits per heavy atom. The van der Waals surface area contributed by atoms with Crippen LogP contribution in [0.1, 0.15) is 6.42 Å². The van der Waals surface area contributed by atoms with Crippen molar-refractivity contribution in [3.63, 3.8) is 0 Å². The zero-order chi connectivity index (χ0) is 11.7. The Hall–Kier alpha value is -1.36. The van der Waals surface area contributed by atoms with Crippen molar-refractivity contribution >= 4 is 11.9 Å². The fourth-order valence-corrected chi connectivity index (χ4v) is 2.81. The Kier molecular flexibility index (Phi) is 2.96. The molecular formula is C11H15NO4. The van der Waals surface area contributed by atoms with Gasteiger partial charge in [0.15, 0.2) is 0 Å². The van der Waals surface area contributed by atoms with E-state index in [2.05, 4.69) is 5.32 Å². The molecule has 4 atom stereocenters. The monoisotopic (exact) mass is 225 g/mol. The average Bonchev–Trinajstić information content (AvgIpc) is 2.84. The van der Waals surface area contributed by atoms with Crippen LogP contribution in [0, 0.1) is 23.7 Å². The Balaban J connectivity index is 2.10. The molecule has 1 saturated carbocycles. The van der Waals surface area contributed by atoms with E-state index in [9.17, 15) is 9.59 Å². The molecule has 1 fully saturated rings. The number of aliphatic hydroxyl groups is 1. The summed E-state index contributed by atoms with van der Waals surface area (Å²) < 4.78 is 0. The van der Waals surface area contributed by atoms with E-state index in [1.807, 2.05) is 12.2 Å². The first-order valence-corrected chi connectivity index (χ1v) is 5.45. The molecule has 0 heterocycles. The maximum atomic E-state index is 11.8. The van der Waals surface area contributed by atoms with E-state index in [1.165, 1.54) is 0 Å². The Labute approximate surface area is 93.1 Å². The smallest absolute Gasteiger partial charge is 0.307 e. The molecule has 1 amide bonds. The predicted octanol–water partition coefficient (Wildman–Crippen LogP) is -0.382. The molecule has 0 aromatic rings. The number of fused-ring (bicyclic) bond motifs is 2. The highest BCUT2D eigenvalue weighted by molar-refractivity contribution is 5.86. The standard InChI is InChI=1S/C11H15NO4/c13-4-3-12-10(14)8-6-1-2-7(5-6)9(8)11(15)16/h1-2,6-9,13H,3-5H2,(H,12,14)(H,15,16)/t6-,7+,8-,9-/m0/s1. The second-order valence-electron chi connectivity index (χ2n) is 4.35. The van der Waals surface area contributed by atoms with E-state index in [0.29, 0.717) is 0 Å². The molecule has 16 heavy (non-hydrogen) atoms. The lowest BCUT2D eigenvalue weighted by Gasteiger charge is -2.23. The van der Waals surface area contributed by atoms with Crippen LogP contribution in [-0.2, 0) is 9.59 Å². The molecule has 2 rings (SSSR count). The first-order chi connectivity index (χ1) is 7.65. The summed E-state index contributed by atoms with van der Waals surface area (Å²) >= 11 is 0. The van der Waals surface area contributed by atoms with E-state index < -0.39 is 17.8 Å². The number of hydrogen-bond acceptors (Lipinski definition) is 3. The van der Waals surface area contributed by atoms with Gasteiger partial charge in [0, 0.05) is 6.54 Å². The second kappa shape index (κ2) is 4.25. The van der Waals surface area contributed by atoms with Crippen LogP contribution in [0.3, 0.4) is 0 Å². The van der Waals surface area contributed by atoms with Gasteiger partial charge >= 0.3 is 5.97 Å². The molecular weight excluding hydrogens is 210 g/mol. The summed E-state index contributed by atoms with van der Waals surface area (Å²) in [4.78, 5) is 22.9. The van der Waals surface area contributed by atoms with Crippen LogP contribution < -0.4 is 5.32 Å². The van der Waals surface area contributed by atoms with Crippen molar-refractivity contribution in [2.75, 3.05) is 13.2 Å². The Morgan fingerprint density at radius 1 is 1.25 bits per heavy atom. The topological polar surface area (TPSA) is 86.6 Å². The number of aliphatic hydroxyl groups excluding tert-OH is 1. The number of hydrogen-bond donors (Lipinski definition) is 3. The van der Waals surface area contributed by atoms with Crippen LogP contribution in [0.25, 0.3) is 0 Å². The van der Waals surface area contributed by atoms with Gasteiger partial charge in [-0.2, -0.15) is 0 Å². The van der Waals surface area contributed by atoms with Crippen LogP contribution in [0.4, 0.5) is 0 Å². The van der Waals surface area contributed by atoms with E-state index >= 15 is 0 Å². The zero-order valence-corrected chi connectivity index (χ0v) is 8.80. The van der Waals surface area contributed by atoms with Crippen molar-refractivity contribution < 1.29 is 19.8 Å². The molecule has 0 saturated heterocycles. The Morgan fingerprint density at radius 2 is 1.88 bits per heavy atom. The molecule has 5 heteroatoms. The minimum Gasteiger partial charge on any atom is -0.481 e. The molecule has 2 aliphatic rings. The van der Waals surface area contributed by atoms with Gasteiger partial charge in [-0.15, -0.1) is 0 Å². The Bertz CT molecular complexity index is 339. The largest absolute Gasteiger partial charge is 0.481 e. The molecule has 2 aliphatic carbocycles. The number of carbonyl (C=O) groups excluding carboxylic acids is 1. The lowest BCUT2D eigenvalue weighted by Crippen LogP contribution is -2.41. The van der Waals surface area contributed by atoms with Crippen molar-refractivity contribution in [3.8, 4) is 0 Å². The van der Waals surface area contributed by atoms with Crippen LogP contribution in [-0.4, -0.2) is 35.2 Å². The van der Waals surface area contributed by atoms with Gasteiger partial charge in [0.2, 0.25) is 5.91 Å². The fourth-order valence-electron chi connectivity index (χ4n) is 2.81. The van der Waals surface area contributed by atoms with Crippen LogP contribution in [0.15, 0.2) is 12.2 Å². The SMILES string of the molecule is O=C(O)[C@@H]1[C@@H](C(=O)NCCO)[C@H]2C=C[C@@H]1C2. The number of rotatable bonds is 4. The van der Waals surface area contributed by atoms with Crippen LogP contribution in [0.5, 0.6) is 0 Å². The van der Waals surface area contributed by atoms with E-state index in [1.54, 1.807) is 0 Å². The van der Waals surface area contributed by atoms with Crippen molar-refractivity contribution in [3.05, 3.63) is 12.2 Å². The number of carbonyl (C=O) groups is 2. The third-order valence-electron chi connectivity index (χ3n) is 3.46. The van der Waals surface area contributed by atoms with Gasteiger partial charge in [-0.1, -0.05) is 12.2 Å². The lowest BCUT2D eigenvalue weighted by molar-refractivity contribution is -0.147. The molecule has 0 aromatic heterocycles. The van der Waals surface area contributed by atoms with Crippen molar-refractivity contribution in [1.29, 1.82) is 0 Å². The summed E-state index contributed by atoms with van der Waals surface area (Å²) in [6, 6.07) is 0. The first kappa shape index (κ1) is 11.1. The highest BCUT2D eigenvalue weighted by Gasteiger charge is 2.51. The van der Waals surface area contributed by atoms with Crippen molar-refractivity contribution in [2.24, 2.45) is 23.7 Å². The number of carboxylic acids is 1. The number of carboxylic acid groups (broad SMARTS) is 1. The molecule has 2 bridgehead atoms. The number of allylic oxidation sites excluding steroid dienone is 2. The molecule has 0 spiro atoms. The van der Waals surface area contributed by atoms with E-state index in [-0.39, 0.29) is 30.9 Å². The predicted molar refractivity (Wildman–Crippen MR) is 55.4 cm³/mol. The number of aliphatic carboxylic acids is 1. The van der Waals surface area contributed by atoms with Gasteiger partial charge in [0.25, 0.3) is 0 Å². The van der Waals surface area contributed by atoms with Gasteiger partial charge < -0.3 is 15.5 Å². The van der Waals surface area contributed by atoms with Crippen LogP contribution in [0.2, 0.25) is 0 Å². The highest BCUT2D eigenvalue weighted by atomic mass is 16.4. The summed E-state index contributed by atoms with van der Waals surface area (Å²) in [5.41, 5.74) is 0. The molecule has 3 N–H and O–H groups in total. The first-order valence-electron chi connectivity index (χ1n) is 5.45. The van der Waals surface area contributed by atoms with Gasteiger partial charge in [0.05, 0.1) is 18.4 Å². The van der Waals surface area contributed by atoms with Crippen LogP contribution >= 0.6 is 0 Å². The normalized spacial score (nSPS) is 35.3. The van der Waals surface area contributed by atoms with Gasteiger partial charge in [-0.3, -0.25) is 9.59 Å². The molecule has 0 aromatic carbocycles. The van der Waals surface area contributed by atoms with E-state index in [4.69, 9.17) is 10.2 Å². The number of nitrogens with one attached hydrogen (secondary N) is 1. The summed E-state index contributed by atoms with van der Waals surface area (Å²) in [5.74, 6) is -2.19. The summed E-state index contributed by atoms with van der Waals surface area (Å²) in [6.07, 6.45) is 4.60. The third-order valence-corrected chi connectivity index (χ3v) is 3.46. The lowest BCUT2D eigenvalue weighted by atomic mass is 9.82. The third kappa shape index (κ3) is 1.71. The second-order valence-corrected chi connectivity index (χ2v) is 4.35. The molecule has 0 unspecified atom stereocenters. The maximum absolute atomic E-state index is 11.8. The minimum absolute atomic E-state index is 0.00706. The summed E-state index contributed by atoms with van der Waals surface area (Å²) in [6.45, 7) is 0.0584. The molecule has 0 aliphatic heterocycles. The molecule has 5 nitrogen and oxygen atoms in total. The fraction of sp³-hybridized carbons (Fsp3) is 0.636. The summed E-state index contributed by atoms with van der Waals surface area (Å²) in [7, 11) is 0.